The van der Waals surface area contributed by atoms with Gasteiger partial charge in [-0.25, -0.2) is 9.10 Å². The number of carbonyl (C=O) groups excluding carboxylic acids is 2. The zero-order chi connectivity index (χ0) is 24.2. The monoisotopic (exact) mass is 474 g/mol. The van der Waals surface area contributed by atoms with Gasteiger partial charge in [-0.2, -0.15) is 0 Å². The molecule has 1 saturated heterocycles. The molecule has 1 fully saturated rings. The fourth-order valence-electron chi connectivity index (χ4n) is 3.68. The first kappa shape index (κ1) is 24.8. The van der Waals surface area contributed by atoms with E-state index in [-0.39, 0.29) is 12.3 Å². The van der Waals surface area contributed by atoms with E-state index in [9.17, 15) is 18.7 Å². The van der Waals surface area contributed by atoms with Crippen LogP contribution >= 0.6 is 10.8 Å². The molecular weight excluding hydrogens is 444 g/mol. The third-order valence-electron chi connectivity index (χ3n) is 5.08. The SMILES string of the molecule is COC(=O)c1ccc(OCCCN=C2C(=O)N(C(C)(C)C)S(O)(O)C2c2ccccc2)cc1. The Balaban J connectivity index is 1.71. The van der Waals surface area contributed by atoms with Crippen LogP contribution in [0.3, 0.4) is 0 Å². The van der Waals surface area contributed by atoms with Gasteiger partial charge in [0.05, 0.1) is 24.8 Å². The van der Waals surface area contributed by atoms with Crippen molar-refractivity contribution in [2.24, 2.45) is 4.99 Å². The summed E-state index contributed by atoms with van der Waals surface area (Å²) in [6, 6.07) is 15.6. The standard InChI is InChI=1S/C24H30N2O6S/c1-24(2,3)26-22(27)20(21(33(26,29)30)17-9-6-5-7-10-17)25-15-8-16-32-19-13-11-18(12-14-19)23(28)31-4/h5-7,9-14,21,29-30H,8,15-16H2,1-4H3. The Hall–Kier alpha value is -2.88. The van der Waals surface area contributed by atoms with Gasteiger partial charge >= 0.3 is 5.97 Å². The second-order valence-corrected chi connectivity index (χ2v) is 10.6. The number of hydrogen-bond acceptors (Lipinski definition) is 7. The van der Waals surface area contributed by atoms with Gasteiger partial charge in [0.25, 0.3) is 5.91 Å². The van der Waals surface area contributed by atoms with Crippen molar-refractivity contribution in [1.82, 2.24) is 4.31 Å². The average molecular weight is 475 g/mol. The van der Waals surface area contributed by atoms with Crippen molar-refractivity contribution in [3.05, 3.63) is 65.7 Å². The molecule has 9 heteroatoms. The Morgan fingerprint density at radius 3 is 2.30 bits per heavy atom. The molecule has 178 valence electrons. The zero-order valence-electron chi connectivity index (χ0n) is 19.2. The highest BCUT2D eigenvalue weighted by Crippen LogP contribution is 2.64. The van der Waals surface area contributed by atoms with E-state index < -0.39 is 33.4 Å². The summed E-state index contributed by atoms with van der Waals surface area (Å²) in [7, 11) is -2.13. The van der Waals surface area contributed by atoms with Gasteiger partial charge in [-0.15, -0.1) is 10.8 Å². The maximum Gasteiger partial charge on any atom is 0.337 e. The van der Waals surface area contributed by atoms with E-state index in [1.807, 2.05) is 6.07 Å². The number of hydrogen-bond donors (Lipinski definition) is 2. The minimum Gasteiger partial charge on any atom is -0.494 e. The second kappa shape index (κ2) is 9.94. The van der Waals surface area contributed by atoms with Crippen LogP contribution in [0, 0.1) is 0 Å². The third kappa shape index (κ3) is 5.38. The number of carbonyl (C=O) groups is 2. The van der Waals surface area contributed by atoms with Gasteiger partial charge in [0, 0.05) is 13.0 Å². The lowest BCUT2D eigenvalue weighted by molar-refractivity contribution is -0.122. The molecule has 0 radical (unpaired) electrons. The summed E-state index contributed by atoms with van der Waals surface area (Å²) in [5.74, 6) is -0.278. The minimum atomic E-state index is -3.45. The molecule has 0 aromatic heterocycles. The lowest BCUT2D eigenvalue weighted by Gasteiger charge is -2.46. The topological polar surface area (TPSA) is 109 Å². The van der Waals surface area contributed by atoms with E-state index in [2.05, 4.69) is 9.73 Å². The lowest BCUT2D eigenvalue weighted by Crippen LogP contribution is -2.43. The highest BCUT2D eigenvalue weighted by molar-refractivity contribution is 8.24. The molecule has 1 aliphatic rings. The summed E-state index contributed by atoms with van der Waals surface area (Å²) in [5, 5.41) is -0.905. The van der Waals surface area contributed by atoms with Gasteiger partial charge in [-0.1, -0.05) is 30.3 Å². The largest absolute Gasteiger partial charge is 0.494 e. The van der Waals surface area contributed by atoms with E-state index in [0.29, 0.717) is 29.9 Å². The predicted octanol–water partition coefficient (Wildman–Crippen LogP) is 4.73. The first-order valence-electron chi connectivity index (χ1n) is 10.6. The molecule has 3 rings (SSSR count). The van der Waals surface area contributed by atoms with Crippen molar-refractivity contribution < 1.29 is 28.2 Å². The third-order valence-corrected chi connectivity index (χ3v) is 7.46. The summed E-state index contributed by atoms with van der Waals surface area (Å²) >= 11 is 0. The van der Waals surface area contributed by atoms with E-state index in [1.54, 1.807) is 69.3 Å². The van der Waals surface area contributed by atoms with Gasteiger partial charge in [0.1, 0.15) is 16.7 Å². The van der Waals surface area contributed by atoms with E-state index in [1.165, 1.54) is 7.11 Å². The number of aliphatic imine (C=N–C) groups is 1. The van der Waals surface area contributed by atoms with Crippen molar-refractivity contribution in [1.29, 1.82) is 0 Å². The highest BCUT2D eigenvalue weighted by Gasteiger charge is 2.54. The Morgan fingerprint density at radius 2 is 1.73 bits per heavy atom. The Kier molecular flexibility index (Phi) is 7.46. The van der Waals surface area contributed by atoms with Gasteiger partial charge < -0.3 is 9.47 Å². The molecule has 1 unspecified atom stereocenters. The quantitative estimate of drug-likeness (QED) is 0.444. The summed E-state index contributed by atoms with van der Waals surface area (Å²) in [6.07, 6.45) is 0.520. The second-order valence-electron chi connectivity index (χ2n) is 8.61. The summed E-state index contributed by atoms with van der Waals surface area (Å²) in [4.78, 5) is 29.2. The minimum absolute atomic E-state index is 0.151. The number of rotatable bonds is 7. The van der Waals surface area contributed by atoms with E-state index in [4.69, 9.17) is 4.74 Å². The van der Waals surface area contributed by atoms with Gasteiger partial charge in [0.15, 0.2) is 0 Å². The molecule has 1 heterocycles. The molecule has 33 heavy (non-hydrogen) atoms. The number of nitrogens with zero attached hydrogens (tertiary/aromatic N) is 2. The molecule has 0 saturated carbocycles. The normalized spacial score (nSPS) is 20.1. The van der Waals surface area contributed by atoms with Gasteiger partial charge in [0.2, 0.25) is 0 Å². The van der Waals surface area contributed by atoms with Crippen LogP contribution < -0.4 is 4.74 Å². The molecule has 1 amide bonds. The molecule has 0 aliphatic carbocycles. The molecule has 1 atom stereocenters. The van der Waals surface area contributed by atoms with Crippen LogP contribution in [0.25, 0.3) is 0 Å². The van der Waals surface area contributed by atoms with Crippen LogP contribution in [-0.2, 0) is 9.53 Å². The van der Waals surface area contributed by atoms with Crippen LogP contribution in [-0.4, -0.2) is 56.8 Å². The highest BCUT2D eigenvalue weighted by atomic mass is 32.3. The van der Waals surface area contributed by atoms with Crippen molar-refractivity contribution >= 4 is 28.4 Å². The maximum absolute atomic E-state index is 13.2. The summed E-state index contributed by atoms with van der Waals surface area (Å²) in [6.45, 7) is 5.94. The lowest BCUT2D eigenvalue weighted by atomic mass is 10.1. The molecule has 2 aromatic carbocycles. The smallest absolute Gasteiger partial charge is 0.337 e. The van der Waals surface area contributed by atoms with Crippen LogP contribution in [0.15, 0.2) is 59.6 Å². The molecule has 2 N–H and O–H groups in total. The van der Waals surface area contributed by atoms with Crippen LogP contribution in [0.4, 0.5) is 0 Å². The number of benzene rings is 2. The average Bonchev–Trinajstić information content (AvgIpc) is 2.98. The number of ether oxygens (including phenoxy) is 2. The van der Waals surface area contributed by atoms with Crippen molar-refractivity contribution in [3.63, 3.8) is 0 Å². The number of methoxy groups -OCH3 is 1. The first-order chi connectivity index (χ1) is 15.6. The van der Waals surface area contributed by atoms with E-state index in [0.717, 1.165) is 4.31 Å². The van der Waals surface area contributed by atoms with Crippen LogP contribution in [0.2, 0.25) is 0 Å². The van der Waals surface area contributed by atoms with Gasteiger partial charge in [-0.3, -0.25) is 18.9 Å². The number of esters is 1. The van der Waals surface area contributed by atoms with Crippen LogP contribution in [0.5, 0.6) is 5.75 Å². The predicted molar refractivity (Wildman–Crippen MR) is 129 cm³/mol. The summed E-state index contributed by atoms with van der Waals surface area (Å²) < 4.78 is 33.7. The molecule has 0 spiro atoms. The molecule has 8 nitrogen and oxygen atoms in total. The van der Waals surface area contributed by atoms with Crippen molar-refractivity contribution in [2.45, 2.75) is 38.0 Å². The molecular formula is C24H30N2O6S. The molecule has 0 bridgehead atoms. The Bertz CT molecular complexity index is 1020. The number of amides is 1. The van der Waals surface area contributed by atoms with Crippen molar-refractivity contribution in [2.75, 3.05) is 20.3 Å². The molecule has 2 aromatic rings. The first-order valence-corrected chi connectivity index (χ1v) is 12.2. The zero-order valence-corrected chi connectivity index (χ0v) is 20.0. The van der Waals surface area contributed by atoms with Crippen LogP contribution in [0.1, 0.15) is 48.4 Å². The maximum atomic E-state index is 13.2. The Morgan fingerprint density at radius 1 is 1.09 bits per heavy atom. The van der Waals surface area contributed by atoms with Gasteiger partial charge in [-0.05, 0) is 50.6 Å². The summed E-state index contributed by atoms with van der Waals surface area (Å²) in [5.41, 5.74) is 0.446. The Labute approximate surface area is 195 Å². The fraction of sp³-hybridized carbons (Fsp3) is 0.375. The fourth-order valence-corrected chi connectivity index (χ4v) is 6.03. The van der Waals surface area contributed by atoms with Crippen molar-refractivity contribution in [3.8, 4) is 5.75 Å². The molecule has 1 aliphatic heterocycles. The van der Waals surface area contributed by atoms with E-state index >= 15 is 0 Å².